The minimum Gasteiger partial charge on any atom is -0.454 e. The van der Waals surface area contributed by atoms with Gasteiger partial charge in [-0.15, -0.1) is 0 Å². The summed E-state index contributed by atoms with van der Waals surface area (Å²) in [7, 11) is -1.97. The molecule has 0 saturated carbocycles. The molecule has 2 heterocycles. The van der Waals surface area contributed by atoms with Gasteiger partial charge in [-0.1, -0.05) is 147 Å². The third-order valence-electron chi connectivity index (χ3n) is 12.6. The predicted molar refractivity (Wildman–Crippen MR) is 249 cm³/mol. The van der Waals surface area contributed by atoms with Gasteiger partial charge in [0.1, 0.15) is 13.7 Å². The van der Waals surface area contributed by atoms with Crippen molar-refractivity contribution in [2.75, 3.05) is 9.80 Å². The largest absolute Gasteiger partial charge is 0.454 e. The molecule has 0 amide bonds. The molecular weight excluding hydrogens is 721 g/mol. The SMILES string of the molecule is C[Si]1(C)c2ccccc2-c2ccc(N(c3ccc4ccc5c(N(c6ccccc6)c6ccccc6)ccc6ccc3c4c65)c3cccc4c3oc3ccccc34)cc21. The summed E-state index contributed by atoms with van der Waals surface area (Å²) in [5.74, 6) is 0. The lowest BCUT2D eigenvalue weighted by atomic mass is 9.91. The fourth-order valence-electron chi connectivity index (χ4n) is 9.89. The maximum Gasteiger partial charge on any atom is 0.159 e. The number of benzene rings is 10. The molecule has 10 aromatic carbocycles. The summed E-state index contributed by atoms with van der Waals surface area (Å²) < 4.78 is 6.80. The lowest BCUT2D eigenvalue weighted by molar-refractivity contribution is 0.669. The fraction of sp³-hybridized carbons (Fsp3) is 0.0370. The summed E-state index contributed by atoms with van der Waals surface area (Å²) >= 11 is 0. The molecule has 0 saturated heterocycles. The maximum absolute atomic E-state index is 6.80. The van der Waals surface area contributed by atoms with Gasteiger partial charge in [0.05, 0.1) is 17.1 Å². The molecule has 58 heavy (non-hydrogen) atoms. The number of anilines is 6. The molecule has 0 unspecified atom stereocenters. The van der Waals surface area contributed by atoms with Crippen LogP contribution < -0.4 is 20.2 Å². The van der Waals surface area contributed by atoms with E-state index in [-0.39, 0.29) is 0 Å². The minimum atomic E-state index is -1.97. The highest BCUT2D eigenvalue weighted by Gasteiger charge is 2.38. The smallest absolute Gasteiger partial charge is 0.159 e. The number of rotatable bonds is 6. The van der Waals surface area contributed by atoms with Gasteiger partial charge in [-0.05, 0) is 104 Å². The summed E-state index contributed by atoms with van der Waals surface area (Å²) in [6, 6.07) is 71.0. The van der Waals surface area contributed by atoms with Gasteiger partial charge in [0.2, 0.25) is 0 Å². The van der Waals surface area contributed by atoms with E-state index in [2.05, 4.69) is 217 Å². The molecule has 0 bridgehead atoms. The number of nitrogens with zero attached hydrogens (tertiary/aromatic N) is 2. The quantitative estimate of drug-likeness (QED) is 0.124. The summed E-state index contributed by atoms with van der Waals surface area (Å²) in [5, 5.41) is 12.6. The zero-order chi connectivity index (χ0) is 38.5. The highest BCUT2D eigenvalue weighted by molar-refractivity contribution is 7.03. The van der Waals surface area contributed by atoms with Crippen LogP contribution in [0.4, 0.5) is 34.1 Å². The lowest BCUT2D eigenvalue weighted by Gasteiger charge is -2.30. The van der Waals surface area contributed by atoms with Gasteiger partial charge in [-0.25, -0.2) is 0 Å². The van der Waals surface area contributed by atoms with Crippen LogP contribution in [0.15, 0.2) is 199 Å². The Balaban J connectivity index is 1.14. The van der Waals surface area contributed by atoms with Gasteiger partial charge < -0.3 is 14.2 Å². The number of fused-ring (bicyclic) bond motifs is 6. The Morgan fingerprint density at radius 1 is 0.379 bits per heavy atom. The van der Waals surface area contributed by atoms with Gasteiger partial charge in [-0.3, -0.25) is 0 Å². The van der Waals surface area contributed by atoms with Crippen molar-refractivity contribution in [2.24, 2.45) is 0 Å². The van der Waals surface area contributed by atoms with Crippen LogP contribution in [0.3, 0.4) is 0 Å². The average Bonchev–Trinajstić information content (AvgIpc) is 3.77. The third-order valence-corrected chi connectivity index (χ3v) is 16.1. The molecule has 0 N–H and O–H groups in total. The minimum absolute atomic E-state index is 0.887. The van der Waals surface area contributed by atoms with E-state index in [9.17, 15) is 0 Å². The van der Waals surface area contributed by atoms with Crippen LogP contribution in [-0.4, -0.2) is 8.07 Å². The molecule has 0 aliphatic carbocycles. The Hall–Kier alpha value is -7.14. The van der Waals surface area contributed by atoms with E-state index in [0.717, 1.165) is 56.1 Å². The second-order valence-electron chi connectivity index (χ2n) is 16.1. The molecule has 1 aliphatic heterocycles. The fourth-order valence-corrected chi connectivity index (χ4v) is 13.0. The molecule has 12 rings (SSSR count). The first-order chi connectivity index (χ1) is 28.5. The van der Waals surface area contributed by atoms with E-state index in [1.165, 1.54) is 53.8 Å². The van der Waals surface area contributed by atoms with Crippen molar-refractivity contribution in [3.05, 3.63) is 194 Å². The predicted octanol–water partition coefficient (Wildman–Crippen LogP) is 14.2. The molecule has 0 atom stereocenters. The summed E-state index contributed by atoms with van der Waals surface area (Å²) in [6.45, 7) is 4.99. The first-order valence-electron chi connectivity index (χ1n) is 20.1. The van der Waals surface area contributed by atoms with Crippen molar-refractivity contribution in [3.8, 4) is 11.1 Å². The van der Waals surface area contributed by atoms with E-state index in [4.69, 9.17) is 4.42 Å². The van der Waals surface area contributed by atoms with Crippen LogP contribution in [0, 0.1) is 0 Å². The first kappa shape index (κ1) is 33.0. The number of para-hydroxylation sites is 4. The van der Waals surface area contributed by atoms with E-state index in [1.54, 1.807) is 0 Å². The lowest BCUT2D eigenvalue weighted by Crippen LogP contribution is -2.49. The molecule has 3 nitrogen and oxygen atoms in total. The molecular formula is C54H38N2OSi. The molecule has 0 fully saturated rings. The normalized spacial score (nSPS) is 13.1. The summed E-state index contributed by atoms with van der Waals surface area (Å²) in [6.07, 6.45) is 0. The van der Waals surface area contributed by atoms with Gasteiger partial charge in [0.25, 0.3) is 0 Å². The average molecular weight is 759 g/mol. The molecule has 1 aromatic heterocycles. The van der Waals surface area contributed by atoms with E-state index in [1.807, 2.05) is 0 Å². The highest BCUT2D eigenvalue weighted by Crippen LogP contribution is 2.49. The number of hydrogen-bond donors (Lipinski definition) is 0. The van der Waals surface area contributed by atoms with Crippen molar-refractivity contribution in [2.45, 2.75) is 13.1 Å². The summed E-state index contributed by atoms with van der Waals surface area (Å²) in [5.41, 5.74) is 11.2. The second kappa shape index (κ2) is 12.4. The Morgan fingerprint density at radius 3 is 1.66 bits per heavy atom. The number of hydrogen-bond acceptors (Lipinski definition) is 3. The topological polar surface area (TPSA) is 19.6 Å². The van der Waals surface area contributed by atoms with Crippen LogP contribution in [-0.2, 0) is 0 Å². The van der Waals surface area contributed by atoms with Crippen molar-refractivity contribution in [3.63, 3.8) is 0 Å². The van der Waals surface area contributed by atoms with Crippen molar-refractivity contribution in [1.29, 1.82) is 0 Å². The Morgan fingerprint density at radius 2 is 0.948 bits per heavy atom. The van der Waals surface area contributed by atoms with Crippen LogP contribution in [0.1, 0.15) is 0 Å². The Kier molecular flexibility index (Phi) is 7.08. The summed E-state index contributed by atoms with van der Waals surface area (Å²) in [4.78, 5) is 4.85. The molecule has 0 radical (unpaired) electrons. The van der Waals surface area contributed by atoms with Gasteiger partial charge in [-0.2, -0.15) is 0 Å². The van der Waals surface area contributed by atoms with Crippen LogP contribution in [0.5, 0.6) is 0 Å². The Labute approximate surface area is 338 Å². The van der Waals surface area contributed by atoms with Crippen LogP contribution in [0.2, 0.25) is 13.1 Å². The van der Waals surface area contributed by atoms with E-state index in [0.29, 0.717) is 0 Å². The zero-order valence-corrected chi connectivity index (χ0v) is 33.3. The Bertz CT molecular complexity index is 3350. The number of furan rings is 1. The van der Waals surface area contributed by atoms with Gasteiger partial charge >= 0.3 is 0 Å². The maximum atomic E-state index is 6.80. The van der Waals surface area contributed by atoms with Crippen molar-refractivity contribution >= 4 is 107 Å². The van der Waals surface area contributed by atoms with Gasteiger partial charge in [0, 0.05) is 38.6 Å². The van der Waals surface area contributed by atoms with Gasteiger partial charge in [0.15, 0.2) is 5.58 Å². The van der Waals surface area contributed by atoms with Crippen molar-refractivity contribution < 1.29 is 4.42 Å². The molecule has 1 aliphatic rings. The molecule has 0 spiro atoms. The molecule has 274 valence electrons. The van der Waals surface area contributed by atoms with Crippen molar-refractivity contribution in [1.82, 2.24) is 0 Å². The van der Waals surface area contributed by atoms with Crippen LogP contribution in [0.25, 0.3) is 65.4 Å². The standard InChI is InChI=1S/C54H38N2OSi/c1-58(2)50-23-12-10-19-41(50)42-31-28-39(34-51(42)58)56(48-21-13-20-43-40-18-9-11-22-49(40)57-54(43)48)47-33-27-36-24-29-44-46(32-26-35-25-30-45(47)53(36)52(35)44)55(37-14-5-3-6-15-37)38-16-7-4-8-17-38/h3-34H,1-2H3. The molecule has 4 heteroatoms. The van der Waals surface area contributed by atoms with E-state index >= 15 is 0 Å². The van der Waals surface area contributed by atoms with E-state index < -0.39 is 8.07 Å². The monoisotopic (exact) mass is 758 g/mol. The zero-order valence-electron chi connectivity index (χ0n) is 32.3. The third kappa shape index (κ3) is 4.73. The molecule has 11 aromatic rings. The second-order valence-corrected chi connectivity index (χ2v) is 20.4. The highest BCUT2D eigenvalue weighted by atomic mass is 28.3. The van der Waals surface area contributed by atoms with Crippen LogP contribution >= 0.6 is 0 Å². The first-order valence-corrected chi connectivity index (χ1v) is 23.1.